The fraction of sp³-hybridized carbons (Fsp3) is 0.385. The van der Waals surface area contributed by atoms with Crippen molar-refractivity contribution in [2.24, 2.45) is 0 Å². The van der Waals surface area contributed by atoms with Gasteiger partial charge in [0.05, 0.1) is 13.2 Å². The van der Waals surface area contributed by atoms with Crippen LogP contribution >= 0.6 is 0 Å². The fourth-order valence-electron chi connectivity index (χ4n) is 4.15. The van der Waals surface area contributed by atoms with Crippen LogP contribution in [0.4, 0.5) is 4.39 Å². The zero-order valence-electron chi connectivity index (χ0n) is 18.3. The van der Waals surface area contributed by atoms with E-state index in [9.17, 15) is 4.39 Å². The van der Waals surface area contributed by atoms with E-state index in [0.29, 0.717) is 0 Å². The number of ether oxygens (including phenoxy) is 1. The van der Waals surface area contributed by atoms with Gasteiger partial charge in [0, 0.05) is 57.7 Å². The largest absolute Gasteiger partial charge is 0.379 e. The first kappa shape index (κ1) is 21.8. The lowest BCUT2D eigenvalue weighted by Crippen LogP contribution is -2.41. The highest BCUT2D eigenvalue weighted by Gasteiger charge is 2.15. The monoisotopic (exact) mass is 421 g/mol. The second kappa shape index (κ2) is 10.7. The fourth-order valence-corrected chi connectivity index (χ4v) is 4.15. The number of nitrogens with zero attached hydrogens (tertiary/aromatic N) is 3. The van der Waals surface area contributed by atoms with Crippen LogP contribution in [0.3, 0.4) is 0 Å². The molecule has 5 heteroatoms. The van der Waals surface area contributed by atoms with Gasteiger partial charge in [-0.15, -0.1) is 0 Å². The molecule has 1 fully saturated rings. The van der Waals surface area contributed by atoms with Gasteiger partial charge in [0.2, 0.25) is 0 Å². The molecule has 0 amide bonds. The van der Waals surface area contributed by atoms with E-state index >= 15 is 0 Å². The number of aryl methyl sites for hydroxylation is 1. The molecular weight excluding hydrogens is 389 g/mol. The summed E-state index contributed by atoms with van der Waals surface area (Å²) in [5.41, 5.74) is 5.04. The van der Waals surface area contributed by atoms with E-state index in [1.165, 1.54) is 16.8 Å². The molecule has 2 heterocycles. The molecule has 0 unspecified atom stereocenters. The van der Waals surface area contributed by atoms with Gasteiger partial charge in [-0.2, -0.15) is 0 Å². The zero-order chi connectivity index (χ0) is 21.5. The molecule has 0 atom stereocenters. The number of morpholine rings is 1. The van der Waals surface area contributed by atoms with E-state index in [-0.39, 0.29) is 5.82 Å². The Kier molecular flexibility index (Phi) is 7.52. The molecule has 1 aromatic heterocycles. The second-order valence-corrected chi connectivity index (χ2v) is 8.41. The Bertz CT molecular complexity index is 947. The van der Waals surface area contributed by atoms with E-state index in [0.717, 1.165) is 64.6 Å². The van der Waals surface area contributed by atoms with Crippen molar-refractivity contribution in [3.63, 3.8) is 0 Å². The molecule has 31 heavy (non-hydrogen) atoms. The first-order chi connectivity index (χ1) is 15.2. The average Bonchev–Trinajstić information content (AvgIpc) is 3.21. The maximum absolute atomic E-state index is 13.4. The van der Waals surface area contributed by atoms with Gasteiger partial charge >= 0.3 is 0 Å². The smallest absolute Gasteiger partial charge is 0.123 e. The van der Waals surface area contributed by atoms with Gasteiger partial charge in [-0.25, -0.2) is 4.39 Å². The normalized spacial score (nSPS) is 14.9. The Morgan fingerprint density at radius 1 is 0.935 bits per heavy atom. The minimum Gasteiger partial charge on any atom is -0.379 e. The van der Waals surface area contributed by atoms with Crippen LogP contribution in [0, 0.1) is 12.7 Å². The van der Waals surface area contributed by atoms with Gasteiger partial charge in [-0.1, -0.05) is 42.0 Å². The zero-order valence-corrected chi connectivity index (χ0v) is 18.3. The lowest BCUT2D eigenvalue weighted by molar-refractivity contribution is 0.0324. The summed E-state index contributed by atoms with van der Waals surface area (Å²) in [6, 6.07) is 19.9. The van der Waals surface area contributed by atoms with Crippen molar-refractivity contribution in [2.75, 3.05) is 39.4 Å². The van der Waals surface area contributed by atoms with Crippen LogP contribution in [-0.2, 0) is 24.4 Å². The van der Waals surface area contributed by atoms with E-state index in [1.807, 2.05) is 12.1 Å². The van der Waals surface area contributed by atoms with Crippen molar-refractivity contribution < 1.29 is 9.13 Å². The molecule has 0 radical (unpaired) electrons. The van der Waals surface area contributed by atoms with Crippen molar-refractivity contribution in [2.45, 2.75) is 26.6 Å². The SMILES string of the molecule is Cc1cccc(Cn2cccc2CN(CCN2CCOCC2)Cc2ccc(F)cc2)c1. The topological polar surface area (TPSA) is 20.6 Å². The summed E-state index contributed by atoms with van der Waals surface area (Å²) in [7, 11) is 0. The molecule has 0 N–H and O–H groups in total. The summed E-state index contributed by atoms with van der Waals surface area (Å²) in [4.78, 5) is 4.93. The van der Waals surface area contributed by atoms with Crippen LogP contribution in [0.1, 0.15) is 22.4 Å². The number of hydrogen-bond donors (Lipinski definition) is 0. The number of hydrogen-bond acceptors (Lipinski definition) is 3. The average molecular weight is 422 g/mol. The predicted molar refractivity (Wildman–Crippen MR) is 122 cm³/mol. The van der Waals surface area contributed by atoms with Crippen LogP contribution < -0.4 is 0 Å². The standard InChI is InChI=1S/C26H32FN3O/c1-22-4-2-5-24(18-22)20-30-11-3-6-26(30)21-29(13-12-28-14-16-31-17-15-28)19-23-7-9-25(27)10-8-23/h2-11,18H,12-17,19-21H2,1H3. The quantitative estimate of drug-likeness (QED) is 0.513. The molecule has 1 aliphatic heterocycles. The Hall–Kier alpha value is -2.47. The highest BCUT2D eigenvalue weighted by molar-refractivity contribution is 5.23. The maximum atomic E-state index is 13.4. The maximum Gasteiger partial charge on any atom is 0.123 e. The van der Waals surface area contributed by atoms with Crippen molar-refractivity contribution in [3.8, 4) is 0 Å². The number of benzene rings is 2. The highest BCUT2D eigenvalue weighted by Crippen LogP contribution is 2.15. The van der Waals surface area contributed by atoms with Crippen molar-refractivity contribution in [1.29, 1.82) is 0 Å². The van der Waals surface area contributed by atoms with Crippen LogP contribution in [0.2, 0.25) is 0 Å². The number of rotatable bonds is 9. The van der Waals surface area contributed by atoms with Gasteiger partial charge in [-0.3, -0.25) is 9.80 Å². The lowest BCUT2D eigenvalue weighted by atomic mass is 10.1. The molecule has 0 saturated carbocycles. The molecule has 164 valence electrons. The summed E-state index contributed by atoms with van der Waals surface area (Å²) in [6.45, 7) is 10.3. The lowest BCUT2D eigenvalue weighted by Gasteiger charge is -2.30. The summed E-state index contributed by atoms with van der Waals surface area (Å²) in [5, 5.41) is 0. The Morgan fingerprint density at radius 2 is 1.74 bits per heavy atom. The molecule has 1 aliphatic rings. The first-order valence-electron chi connectivity index (χ1n) is 11.1. The van der Waals surface area contributed by atoms with Gasteiger partial charge in [0.25, 0.3) is 0 Å². The molecule has 0 bridgehead atoms. The summed E-state index contributed by atoms with van der Waals surface area (Å²) in [6.07, 6.45) is 2.16. The molecule has 1 saturated heterocycles. The Morgan fingerprint density at radius 3 is 2.52 bits per heavy atom. The van der Waals surface area contributed by atoms with Gasteiger partial charge in [-0.05, 0) is 42.3 Å². The molecule has 3 aromatic rings. The third-order valence-corrected chi connectivity index (χ3v) is 5.90. The van der Waals surface area contributed by atoms with Crippen molar-refractivity contribution >= 4 is 0 Å². The summed E-state index contributed by atoms with van der Waals surface area (Å²) in [5.74, 6) is -0.185. The van der Waals surface area contributed by atoms with Crippen molar-refractivity contribution in [1.82, 2.24) is 14.4 Å². The van der Waals surface area contributed by atoms with Gasteiger partial charge < -0.3 is 9.30 Å². The highest BCUT2D eigenvalue weighted by atomic mass is 19.1. The van der Waals surface area contributed by atoms with Crippen molar-refractivity contribution in [3.05, 3.63) is 95.1 Å². The summed E-state index contributed by atoms with van der Waals surface area (Å²) < 4.78 is 21.2. The molecule has 4 nitrogen and oxygen atoms in total. The van der Waals surface area contributed by atoms with Crippen LogP contribution in [-0.4, -0.2) is 53.8 Å². The van der Waals surface area contributed by atoms with E-state index in [1.54, 1.807) is 12.1 Å². The molecular formula is C26H32FN3O. The third kappa shape index (κ3) is 6.50. The van der Waals surface area contributed by atoms with E-state index in [2.05, 4.69) is 63.9 Å². The Balaban J connectivity index is 1.45. The van der Waals surface area contributed by atoms with Gasteiger partial charge in [0.15, 0.2) is 0 Å². The predicted octanol–water partition coefficient (Wildman–Crippen LogP) is 4.32. The molecule has 0 aliphatic carbocycles. The third-order valence-electron chi connectivity index (χ3n) is 5.90. The Labute approximate surface area is 184 Å². The molecule has 4 rings (SSSR count). The summed E-state index contributed by atoms with van der Waals surface area (Å²) >= 11 is 0. The van der Waals surface area contributed by atoms with Crippen LogP contribution in [0.25, 0.3) is 0 Å². The van der Waals surface area contributed by atoms with Crippen LogP contribution in [0.5, 0.6) is 0 Å². The first-order valence-corrected chi connectivity index (χ1v) is 11.1. The van der Waals surface area contributed by atoms with Crippen LogP contribution in [0.15, 0.2) is 66.9 Å². The molecule has 2 aromatic carbocycles. The second-order valence-electron chi connectivity index (χ2n) is 8.41. The molecule has 0 spiro atoms. The minimum absolute atomic E-state index is 0.185. The van der Waals surface area contributed by atoms with E-state index in [4.69, 9.17) is 4.74 Å². The number of halogens is 1. The minimum atomic E-state index is -0.185. The number of aromatic nitrogens is 1. The van der Waals surface area contributed by atoms with E-state index < -0.39 is 0 Å². The van der Waals surface area contributed by atoms with Gasteiger partial charge in [0.1, 0.15) is 5.82 Å².